The first-order chi connectivity index (χ1) is 3.41. The Morgan fingerprint density at radius 1 is 1.71 bits per heavy atom. The molecule has 7 heavy (non-hydrogen) atoms. The van der Waals surface area contributed by atoms with Crippen molar-refractivity contribution in [3.63, 3.8) is 0 Å². The Hall–Kier alpha value is 0.344. The molecule has 0 saturated carbocycles. The molecule has 0 atom stereocenters. The van der Waals surface area contributed by atoms with Crippen LogP contribution in [0.3, 0.4) is 0 Å². The van der Waals surface area contributed by atoms with Crippen LogP contribution >= 0.6 is 0 Å². The second-order valence-electron chi connectivity index (χ2n) is 1.26. The summed E-state index contributed by atoms with van der Waals surface area (Å²) in [5, 5.41) is 0. The van der Waals surface area contributed by atoms with Crippen LogP contribution in [0.15, 0.2) is 0 Å². The van der Waals surface area contributed by atoms with Gasteiger partial charge in [-0.1, -0.05) is 0 Å². The third-order valence-corrected chi connectivity index (χ3v) is 1.09. The normalized spacial score (nSPS) is 8.71. The van der Waals surface area contributed by atoms with Crippen molar-refractivity contribution in [3.8, 4) is 0 Å². The first-order valence-corrected chi connectivity index (χ1v) is 3.50. The Labute approximate surface area is 50.9 Å². The van der Waals surface area contributed by atoms with Gasteiger partial charge in [-0.15, -0.1) is 0 Å². The quantitative estimate of drug-likeness (QED) is 0.547. The van der Waals surface area contributed by atoms with Crippen LogP contribution in [-0.2, 0) is 23.9 Å². The van der Waals surface area contributed by atoms with Gasteiger partial charge in [0, 0.05) is 0 Å². The summed E-state index contributed by atoms with van der Waals surface area (Å²) in [4.78, 5) is 0. The molecule has 2 nitrogen and oxygen atoms in total. The van der Waals surface area contributed by atoms with E-state index in [4.69, 9.17) is 0 Å². The van der Waals surface area contributed by atoms with Crippen molar-refractivity contribution in [2.24, 2.45) is 0 Å². The van der Waals surface area contributed by atoms with Crippen LogP contribution in [0.4, 0.5) is 0 Å². The van der Waals surface area contributed by atoms with Crippen molar-refractivity contribution >= 4 is 0 Å². The third kappa shape index (κ3) is 6.34. The van der Waals surface area contributed by atoms with Gasteiger partial charge in [-0.05, 0) is 0 Å². The van der Waals surface area contributed by atoms with Crippen LogP contribution in [-0.4, -0.2) is 6.61 Å². The summed E-state index contributed by atoms with van der Waals surface area (Å²) in [7, 11) is 0. The number of hydrogen-bond acceptors (Lipinski definition) is 2. The minimum atomic E-state index is -1.04. The molecule has 3 heteroatoms. The van der Waals surface area contributed by atoms with Gasteiger partial charge in [-0.25, -0.2) is 0 Å². The van der Waals surface area contributed by atoms with Gasteiger partial charge in [0.1, 0.15) is 0 Å². The van der Waals surface area contributed by atoms with Crippen molar-refractivity contribution in [2.75, 3.05) is 6.61 Å². The standard InChI is InChI=1S/C4H9O.O.V/c1-2-3-4-5;;/h2-4H2,1H3;;/q-1;;+1. The molecule has 0 aromatic carbocycles. The molecule has 0 rings (SSSR count). The molecule has 0 amide bonds. The summed E-state index contributed by atoms with van der Waals surface area (Å²) < 4.78 is 14.3. The van der Waals surface area contributed by atoms with E-state index in [0.29, 0.717) is 6.61 Å². The van der Waals surface area contributed by atoms with Crippen molar-refractivity contribution in [3.05, 3.63) is 0 Å². The predicted molar refractivity (Wildman–Crippen MR) is 21.5 cm³/mol. The van der Waals surface area contributed by atoms with Crippen molar-refractivity contribution < 1.29 is 23.9 Å². The van der Waals surface area contributed by atoms with Crippen molar-refractivity contribution in [2.45, 2.75) is 19.8 Å². The van der Waals surface area contributed by atoms with Gasteiger partial charge in [0.05, 0.1) is 0 Å². The summed E-state index contributed by atoms with van der Waals surface area (Å²) in [5.74, 6) is 0. The maximum absolute atomic E-state index is 9.68. The molecule has 0 unspecified atom stereocenters. The van der Waals surface area contributed by atoms with Crippen molar-refractivity contribution in [1.29, 1.82) is 0 Å². The average Bonchev–Trinajstić information content (AvgIpc) is 1.69. The first-order valence-electron chi connectivity index (χ1n) is 2.36. The second kappa shape index (κ2) is 6.34. The third-order valence-electron chi connectivity index (χ3n) is 0.642. The molecule has 0 N–H and O–H groups in total. The van der Waals surface area contributed by atoms with Crippen LogP contribution in [0.1, 0.15) is 19.8 Å². The van der Waals surface area contributed by atoms with Crippen molar-refractivity contribution in [1.82, 2.24) is 0 Å². The van der Waals surface area contributed by atoms with E-state index >= 15 is 0 Å². The molecule has 0 bridgehead atoms. The molecule has 0 aromatic heterocycles. The number of hydrogen-bond donors (Lipinski definition) is 0. The SMILES string of the molecule is CCCC[O][V]=[O]. The van der Waals surface area contributed by atoms with E-state index in [0.717, 1.165) is 12.8 Å². The van der Waals surface area contributed by atoms with Crippen LogP contribution in [0.2, 0.25) is 0 Å². The first kappa shape index (κ1) is 7.34. The zero-order valence-electron chi connectivity index (χ0n) is 4.39. The van der Waals surface area contributed by atoms with Crippen LogP contribution < -0.4 is 0 Å². The van der Waals surface area contributed by atoms with Crippen LogP contribution in [0.25, 0.3) is 0 Å². The molecule has 42 valence electrons. The summed E-state index contributed by atoms with van der Waals surface area (Å²) in [6.45, 7) is 2.74. The fourth-order valence-electron chi connectivity index (χ4n) is 0.246. The summed E-state index contributed by atoms with van der Waals surface area (Å²) >= 11 is -1.04. The summed E-state index contributed by atoms with van der Waals surface area (Å²) in [6, 6.07) is 0. The van der Waals surface area contributed by atoms with E-state index in [1.165, 1.54) is 0 Å². The van der Waals surface area contributed by atoms with Gasteiger partial charge in [-0.3, -0.25) is 0 Å². The van der Waals surface area contributed by atoms with Crippen LogP contribution in [0.5, 0.6) is 0 Å². The van der Waals surface area contributed by atoms with E-state index in [1.807, 2.05) is 0 Å². The molecule has 0 saturated heterocycles. The van der Waals surface area contributed by atoms with Gasteiger partial charge in [0.2, 0.25) is 0 Å². The van der Waals surface area contributed by atoms with E-state index in [2.05, 4.69) is 10.6 Å². The fraction of sp³-hybridized carbons (Fsp3) is 1.00. The minimum absolute atomic E-state index is 0.667. The molecule has 0 fully saturated rings. The number of rotatable bonds is 4. The molecule has 0 aliphatic carbocycles. The Kier molecular flexibility index (Phi) is 6.66. The Morgan fingerprint density at radius 2 is 2.43 bits per heavy atom. The molecule has 0 radical (unpaired) electrons. The molecule has 0 spiro atoms. The Morgan fingerprint density at radius 3 is 2.86 bits per heavy atom. The zero-order valence-corrected chi connectivity index (χ0v) is 5.78. The maximum atomic E-state index is 9.68. The van der Waals surface area contributed by atoms with Gasteiger partial charge in [0.25, 0.3) is 0 Å². The van der Waals surface area contributed by atoms with E-state index in [-0.39, 0.29) is 0 Å². The van der Waals surface area contributed by atoms with E-state index < -0.39 is 16.6 Å². The van der Waals surface area contributed by atoms with Gasteiger partial charge >= 0.3 is 50.3 Å². The number of unbranched alkanes of at least 4 members (excludes halogenated alkanes) is 1. The van der Waals surface area contributed by atoms with Gasteiger partial charge in [0.15, 0.2) is 0 Å². The average molecular weight is 140 g/mol. The fourth-order valence-corrected chi connectivity index (χ4v) is 0.564. The topological polar surface area (TPSA) is 26.3 Å². The predicted octanol–water partition coefficient (Wildman–Crippen LogP) is 1.15. The molecule has 0 aliphatic heterocycles. The van der Waals surface area contributed by atoms with Gasteiger partial charge in [-0.2, -0.15) is 0 Å². The molecule has 0 heterocycles. The molecular weight excluding hydrogens is 131 g/mol. The summed E-state index contributed by atoms with van der Waals surface area (Å²) in [6.07, 6.45) is 2.14. The van der Waals surface area contributed by atoms with E-state index in [9.17, 15) is 3.67 Å². The Bertz CT molecular complexity index is 47.0. The van der Waals surface area contributed by atoms with Crippen LogP contribution in [0, 0.1) is 0 Å². The zero-order chi connectivity index (χ0) is 5.54. The monoisotopic (exact) mass is 140 g/mol. The van der Waals surface area contributed by atoms with Gasteiger partial charge < -0.3 is 0 Å². The molecule has 0 aliphatic rings. The Balaban J connectivity index is 2.56. The molecular formula is C4H9O2V. The molecule has 0 aromatic rings. The summed E-state index contributed by atoms with van der Waals surface area (Å²) in [5.41, 5.74) is 0. The second-order valence-corrected chi connectivity index (χ2v) is 1.90. The van der Waals surface area contributed by atoms with E-state index in [1.54, 1.807) is 0 Å².